The third-order valence-electron chi connectivity index (χ3n) is 4.54. The highest BCUT2D eigenvalue weighted by atomic mass is 16.3. The maximum absolute atomic E-state index is 9.41. The Bertz CT molecular complexity index is 191. The second-order valence-electron chi connectivity index (χ2n) is 6.11. The van der Waals surface area contributed by atoms with E-state index >= 15 is 0 Å². The highest BCUT2D eigenvalue weighted by molar-refractivity contribution is 4.86. The van der Waals surface area contributed by atoms with E-state index in [1.165, 1.54) is 19.3 Å². The zero-order valence-electron chi connectivity index (χ0n) is 11.4. The molecule has 2 nitrogen and oxygen atoms in total. The van der Waals surface area contributed by atoms with Crippen LogP contribution >= 0.6 is 0 Å². The lowest BCUT2D eigenvalue weighted by Gasteiger charge is -2.38. The van der Waals surface area contributed by atoms with Crippen LogP contribution in [0.4, 0.5) is 0 Å². The van der Waals surface area contributed by atoms with Crippen LogP contribution in [0.3, 0.4) is 0 Å². The van der Waals surface area contributed by atoms with Gasteiger partial charge in [-0.25, -0.2) is 0 Å². The highest BCUT2D eigenvalue weighted by Gasteiger charge is 2.29. The van der Waals surface area contributed by atoms with E-state index in [2.05, 4.69) is 33.0 Å². The fourth-order valence-corrected chi connectivity index (χ4v) is 2.74. The van der Waals surface area contributed by atoms with Crippen LogP contribution in [0.2, 0.25) is 0 Å². The number of nitrogens with one attached hydrogen (secondary N) is 1. The van der Waals surface area contributed by atoms with Gasteiger partial charge in [0.25, 0.3) is 0 Å². The van der Waals surface area contributed by atoms with Gasteiger partial charge in [0, 0.05) is 24.6 Å². The van der Waals surface area contributed by atoms with Crippen molar-refractivity contribution >= 4 is 0 Å². The first-order chi connectivity index (χ1) is 7.52. The standard InChI is InChI=1S/C14H29NO/c1-5-14(4,10-16)9-15-13-11(2)7-6-8-12(13)3/h11-13,15-16H,5-10H2,1-4H3. The topological polar surface area (TPSA) is 32.3 Å². The van der Waals surface area contributed by atoms with E-state index in [9.17, 15) is 5.11 Å². The molecule has 1 aliphatic carbocycles. The van der Waals surface area contributed by atoms with E-state index < -0.39 is 0 Å². The smallest absolute Gasteiger partial charge is 0.0496 e. The van der Waals surface area contributed by atoms with Gasteiger partial charge in [-0.1, -0.05) is 34.1 Å². The first-order valence-corrected chi connectivity index (χ1v) is 6.86. The van der Waals surface area contributed by atoms with Crippen molar-refractivity contribution in [2.24, 2.45) is 17.3 Å². The number of rotatable bonds is 5. The lowest BCUT2D eigenvalue weighted by molar-refractivity contribution is 0.114. The lowest BCUT2D eigenvalue weighted by Crippen LogP contribution is -2.47. The van der Waals surface area contributed by atoms with Gasteiger partial charge < -0.3 is 10.4 Å². The summed E-state index contributed by atoms with van der Waals surface area (Å²) in [6.45, 7) is 10.3. The molecule has 3 unspecified atom stereocenters. The second kappa shape index (κ2) is 6.02. The molecule has 1 saturated carbocycles. The predicted molar refractivity (Wildman–Crippen MR) is 69.5 cm³/mol. The summed E-state index contributed by atoms with van der Waals surface area (Å²) < 4.78 is 0. The van der Waals surface area contributed by atoms with Crippen molar-refractivity contribution in [3.8, 4) is 0 Å². The van der Waals surface area contributed by atoms with Gasteiger partial charge in [0.15, 0.2) is 0 Å². The van der Waals surface area contributed by atoms with Crippen LogP contribution < -0.4 is 5.32 Å². The SMILES string of the molecule is CCC(C)(CO)CNC1C(C)CCCC1C. The third-order valence-corrected chi connectivity index (χ3v) is 4.54. The van der Waals surface area contributed by atoms with Crippen molar-refractivity contribution in [2.45, 2.75) is 59.4 Å². The fourth-order valence-electron chi connectivity index (χ4n) is 2.74. The van der Waals surface area contributed by atoms with Crippen LogP contribution in [0.25, 0.3) is 0 Å². The van der Waals surface area contributed by atoms with Crippen LogP contribution in [0.5, 0.6) is 0 Å². The fraction of sp³-hybridized carbons (Fsp3) is 1.00. The highest BCUT2D eigenvalue weighted by Crippen LogP contribution is 2.29. The van der Waals surface area contributed by atoms with Crippen molar-refractivity contribution in [2.75, 3.05) is 13.2 Å². The molecule has 96 valence electrons. The quantitative estimate of drug-likeness (QED) is 0.757. The van der Waals surface area contributed by atoms with E-state index in [0.29, 0.717) is 6.04 Å². The molecule has 0 aromatic heterocycles. The van der Waals surface area contributed by atoms with Gasteiger partial charge in [-0.05, 0) is 31.1 Å². The van der Waals surface area contributed by atoms with E-state index in [1.54, 1.807) is 0 Å². The van der Waals surface area contributed by atoms with Gasteiger partial charge >= 0.3 is 0 Å². The molecule has 1 aliphatic rings. The molecule has 0 spiro atoms. The van der Waals surface area contributed by atoms with E-state index in [1.807, 2.05) is 0 Å². The predicted octanol–water partition coefficient (Wildman–Crippen LogP) is 2.81. The normalized spacial score (nSPS) is 34.7. The summed E-state index contributed by atoms with van der Waals surface area (Å²) in [7, 11) is 0. The third kappa shape index (κ3) is 3.46. The Morgan fingerprint density at radius 1 is 1.25 bits per heavy atom. The summed E-state index contributed by atoms with van der Waals surface area (Å²) in [6, 6.07) is 0.645. The Morgan fingerprint density at radius 3 is 2.25 bits per heavy atom. The molecular weight excluding hydrogens is 198 g/mol. The summed E-state index contributed by atoms with van der Waals surface area (Å²) in [5.74, 6) is 1.56. The minimum atomic E-state index is 0.0525. The molecule has 1 fully saturated rings. The van der Waals surface area contributed by atoms with Gasteiger partial charge in [-0.15, -0.1) is 0 Å². The summed E-state index contributed by atoms with van der Waals surface area (Å²) >= 11 is 0. The van der Waals surface area contributed by atoms with Crippen molar-refractivity contribution in [3.05, 3.63) is 0 Å². The molecule has 0 aromatic carbocycles. The van der Waals surface area contributed by atoms with Crippen molar-refractivity contribution in [3.63, 3.8) is 0 Å². The molecule has 16 heavy (non-hydrogen) atoms. The number of aliphatic hydroxyl groups is 1. The molecule has 2 heteroatoms. The molecule has 0 heterocycles. The minimum Gasteiger partial charge on any atom is -0.396 e. The summed E-state index contributed by atoms with van der Waals surface area (Å²) in [5, 5.41) is 13.1. The molecule has 0 bridgehead atoms. The first kappa shape index (κ1) is 14.0. The van der Waals surface area contributed by atoms with Crippen LogP contribution in [-0.2, 0) is 0 Å². The largest absolute Gasteiger partial charge is 0.396 e. The monoisotopic (exact) mass is 227 g/mol. The Morgan fingerprint density at radius 2 is 1.81 bits per heavy atom. The average Bonchev–Trinajstić information content (AvgIpc) is 2.28. The van der Waals surface area contributed by atoms with Crippen molar-refractivity contribution < 1.29 is 5.11 Å². The van der Waals surface area contributed by atoms with Crippen LogP contribution in [0, 0.1) is 17.3 Å². The Balaban J connectivity index is 2.46. The zero-order chi connectivity index (χ0) is 12.2. The Kier molecular flexibility index (Phi) is 5.26. The van der Waals surface area contributed by atoms with Gasteiger partial charge in [0.05, 0.1) is 0 Å². The molecule has 1 rings (SSSR count). The molecule has 3 atom stereocenters. The maximum Gasteiger partial charge on any atom is 0.0496 e. The van der Waals surface area contributed by atoms with E-state index in [0.717, 1.165) is 24.8 Å². The van der Waals surface area contributed by atoms with Crippen molar-refractivity contribution in [1.29, 1.82) is 0 Å². The Hall–Kier alpha value is -0.0800. The molecule has 0 aliphatic heterocycles. The van der Waals surface area contributed by atoms with Crippen LogP contribution in [0.1, 0.15) is 53.4 Å². The van der Waals surface area contributed by atoms with E-state index in [4.69, 9.17) is 0 Å². The zero-order valence-corrected chi connectivity index (χ0v) is 11.4. The number of hydrogen-bond donors (Lipinski definition) is 2. The van der Waals surface area contributed by atoms with Gasteiger partial charge in [-0.2, -0.15) is 0 Å². The molecule has 0 saturated heterocycles. The average molecular weight is 227 g/mol. The lowest BCUT2D eigenvalue weighted by atomic mass is 9.78. The van der Waals surface area contributed by atoms with Crippen LogP contribution in [-0.4, -0.2) is 24.3 Å². The number of hydrogen-bond acceptors (Lipinski definition) is 2. The van der Waals surface area contributed by atoms with Crippen LogP contribution in [0.15, 0.2) is 0 Å². The summed E-state index contributed by atoms with van der Waals surface area (Å²) in [5.41, 5.74) is 0.0525. The molecule has 2 N–H and O–H groups in total. The van der Waals surface area contributed by atoms with E-state index in [-0.39, 0.29) is 12.0 Å². The van der Waals surface area contributed by atoms with Crippen molar-refractivity contribution in [1.82, 2.24) is 5.32 Å². The second-order valence-corrected chi connectivity index (χ2v) is 6.11. The van der Waals surface area contributed by atoms with Gasteiger partial charge in [-0.3, -0.25) is 0 Å². The number of aliphatic hydroxyl groups excluding tert-OH is 1. The maximum atomic E-state index is 9.41. The molecule has 0 amide bonds. The Labute approximate surface area is 101 Å². The van der Waals surface area contributed by atoms with Gasteiger partial charge in [0.2, 0.25) is 0 Å². The minimum absolute atomic E-state index is 0.0525. The molecular formula is C14H29NO. The first-order valence-electron chi connectivity index (χ1n) is 6.86. The summed E-state index contributed by atoms with van der Waals surface area (Å²) in [6.07, 6.45) is 5.12. The summed E-state index contributed by atoms with van der Waals surface area (Å²) in [4.78, 5) is 0. The molecule has 0 radical (unpaired) electrons. The van der Waals surface area contributed by atoms with Gasteiger partial charge in [0.1, 0.15) is 0 Å². The molecule has 0 aromatic rings.